The van der Waals surface area contributed by atoms with Crippen LogP contribution < -0.4 is 10.6 Å². The molecule has 2 N–H and O–H groups in total. The zero-order valence-corrected chi connectivity index (χ0v) is 14.9. The number of carbonyl (C=O) groups excluding carboxylic acids is 2. The van der Waals surface area contributed by atoms with E-state index in [4.69, 9.17) is 0 Å². The van der Waals surface area contributed by atoms with Gasteiger partial charge in [-0.1, -0.05) is 48.2 Å². The normalized spacial score (nSPS) is 10.3. The van der Waals surface area contributed by atoms with Gasteiger partial charge in [-0.15, -0.1) is 16.8 Å². The number of thioether (sulfide) groups is 1. The van der Waals surface area contributed by atoms with Gasteiger partial charge in [0.15, 0.2) is 5.16 Å². The minimum atomic E-state index is -0.535. The molecule has 0 saturated carbocycles. The van der Waals surface area contributed by atoms with Crippen molar-refractivity contribution < 1.29 is 9.59 Å². The Kier molecular flexibility index (Phi) is 7.21. The van der Waals surface area contributed by atoms with Crippen molar-refractivity contribution in [1.29, 1.82) is 0 Å². The molecule has 2 rings (SSSR count). The summed E-state index contributed by atoms with van der Waals surface area (Å²) in [5, 5.41) is 13.8. The molecule has 8 heteroatoms. The number of hydrogen-bond donors (Lipinski definition) is 2. The molecule has 1 aromatic carbocycles. The maximum absolute atomic E-state index is 11.8. The fraction of sp³-hybridized carbons (Fsp3) is 0.294. The van der Waals surface area contributed by atoms with Gasteiger partial charge in [0.25, 0.3) is 0 Å². The predicted molar refractivity (Wildman–Crippen MR) is 97.4 cm³/mol. The van der Waals surface area contributed by atoms with Gasteiger partial charge in [-0.3, -0.25) is 10.1 Å². The molecule has 1 heterocycles. The standard InChI is InChI=1S/C17H21N5O2S/c1-3-10-18-16(24)19-15(23)12-25-17-21-20-14(22(17)4-2)11-13-8-6-5-7-9-13/h3,5-9H,1,4,10-12H2,2H3,(H2,18,19,23,24). The fourth-order valence-electron chi connectivity index (χ4n) is 2.15. The van der Waals surface area contributed by atoms with E-state index in [0.717, 1.165) is 11.4 Å². The summed E-state index contributed by atoms with van der Waals surface area (Å²) < 4.78 is 1.97. The Morgan fingerprint density at radius 3 is 2.72 bits per heavy atom. The smallest absolute Gasteiger partial charge is 0.321 e. The first kappa shape index (κ1) is 18.7. The highest BCUT2D eigenvalue weighted by molar-refractivity contribution is 7.99. The molecular formula is C17H21N5O2S. The maximum atomic E-state index is 11.8. The number of amides is 3. The van der Waals surface area contributed by atoms with Crippen LogP contribution >= 0.6 is 11.8 Å². The number of imide groups is 1. The molecule has 132 valence electrons. The van der Waals surface area contributed by atoms with Crippen LogP contribution in [0.1, 0.15) is 18.3 Å². The van der Waals surface area contributed by atoms with Crippen LogP contribution in [-0.4, -0.2) is 39.0 Å². The summed E-state index contributed by atoms with van der Waals surface area (Å²) in [6.07, 6.45) is 2.22. The minimum Gasteiger partial charge on any atom is -0.334 e. The van der Waals surface area contributed by atoms with E-state index in [-0.39, 0.29) is 11.7 Å². The van der Waals surface area contributed by atoms with Gasteiger partial charge < -0.3 is 9.88 Å². The van der Waals surface area contributed by atoms with E-state index < -0.39 is 6.03 Å². The van der Waals surface area contributed by atoms with Crippen LogP contribution in [0.2, 0.25) is 0 Å². The molecule has 0 aliphatic rings. The van der Waals surface area contributed by atoms with Crippen molar-refractivity contribution in [3.05, 3.63) is 54.4 Å². The van der Waals surface area contributed by atoms with Crippen LogP contribution in [0.15, 0.2) is 48.1 Å². The highest BCUT2D eigenvalue weighted by atomic mass is 32.2. The molecule has 0 radical (unpaired) electrons. The van der Waals surface area contributed by atoms with Crippen LogP contribution in [0.5, 0.6) is 0 Å². The van der Waals surface area contributed by atoms with Crippen molar-refractivity contribution in [1.82, 2.24) is 25.4 Å². The molecule has 1 aromatic heterocycles. The number of nitrogens with zero attached hydrogens (tertiary/aromatic N) is 3. The minimum absolute atomic E-state index is 0.0883. The number of benzene rings is 1. The molecule has 0 spiro atoms. The first-order valence-corrected chi connectivity index (χ1v) is 8.90. The van der Waals surface area contributed by atoms with Crippen molar-refractivity contribution in [2.45, 2.75) is 25.0 Å². The second kappa shape index (κ2) is 9.63. The van der Waals surface area contributed by atoms with E-state index >= 15 is 0 Å². The molecule has 0 saturated heterocycles. The quantitative estimate of drug-likeness (QED) is 0.556. The topological polar surface area (TPSA) is 88.9 Å². The molecule has 0 aliphatic heterocycles. The third-order valence-electron chi connectivity index (χ3n) is 3.31. The summed E-state index contributed by atoms with van der Waals surface area (Å²) in [5.74, 6) is 0.549. The molecule has 2 aromatic rings. The van der Waals surface area contributed by atoms with Crippen LogP contribution in [0, 0.1) is 0 Å². The summed E-state index contributed by atoms with van der Waals surface area (Å²) in [7, 11) is 0. The summed E-state index contributed by atoms with van der Waals surface area (Å²) in [6.45, 7) is 6.51. The van der Waals surface area contributed by atoms with Gasteiger partial charge in [0.2, 0.25) is 5.91 Å². The van der Waals surface area contributed by atoms with Gasteiger partial charge in [0, 0.05) is 19.5 Å². The largest absolute Gasteiger partial charge is 0.334 e. The number of hydrogen-bond acceptors (Lipinski definition) is 5. The lowest BCUT2D eigenvalue weighted by molar-refractivity contribution is -0.117. The second-order valence-corrected chi connectivity index (χ2v) is 6.08. The lowest BCUT2D eigenvalue weighted by Gasteiger charge is -2.08. The summed E-state index contributed by atoms with van der Waals surface area (Å²) >= 11 is 1.25. The molecule has 0 fully saturated rings. The number of nitrogens with one attached hydrogen (secondary N) is 2. The summed E-state index contributed by atoms with van der Waals surface area (Å²) in [5.41, 5.74) is 1.15. The van der Waals surface area contributed by atoms with Crippen LogP contribution in [0.25, 0.3) is 0 Å². The van der Waals surface area contributed by atoms with Gasteiger partial charge in [-0.2, -0.15) is 0 Å². The molecule has 0 unspecified atom stereocenters. The Balaban J connectivity index is 1.93. The Bertz CT molecular complexity index is 730. The fourth-order valence-corrected chi connectivity index (χ4v) is 2.98. The molecule has 7 nitrogen and oxygen atoms in total. The van der Waals surface area contributed by atoms with Crippen molar-refractivity contribution in [2.24, 2.45) is 0 Å². The Hall–Kier alpha value is -2.61. The molecule has 0 aliphatic carbocycles. The SMILES string of the molecule is C=CCNC(=O)NC(=O)CSc1nnc(Cc2ccccc2)n1CC. The van der Waals surface area contributed by atoms with E-state index in [1.807, 2.05) is 41.8 Å². The average molecular weight is 359 g/mol. The predicted octanol–water partition coefficient (Wildman–Crippen LogP) is 1.99. The van der Waals surface area contributed by atoms with E-state index in [2.05, 4.69) is 27.4 Å². The Morgan fingerprint density at radius 1 is 1.28 bits per heavy atom. The van der Waals surface area contributed by atoms with E-state index in [9.17, 15) is 9.59 Å². The first-order valence-electron chi connectivity index (χ1n) is 7.91. The zero-order valence-electron chi connectivity index (χ0n) is 14.1. The molecule has 25 heavy (non-hydrogen) atoms. The van der Waals surface area contributed by atoms with Gasteiger partial charge in [-0.05, 0) is 12.5 Å². The highest BCUT2D eigenvalue weighted by Gasteiger charge is 2.14. The summed E-state index contributed by atoms with van der Waals surface area (Å²) in [6, 6.07) is 9.48. The van der Waals surface area contributed by atoms with Crippen molar-refractivity contribution in [2.75, 3.05) is 12.3 Å². The monoisotopic (exact) mass is 359 g/mol. The van der Waals surface area contributed by atoms with E-state index in [1.54, 1.807) is 0 Å². The van der Waals surface area contributed by atoms with Gasteiger partial charge >= 0.3 is 6.03 Å². The third-order valence-corrected chi connectivity index (χ3v) is 4.27. The average Bonchev–Trinajstić information content (AvgIpc) is 3.00. The van der Waals surface area contributed by atoms with Crippen molar-refractivity contribution in [3.8, 4) is 0 Å². The van der Waals surface area contributed by atoms with Gasteiger partial charge in [-0.25, -0.2) is 4.79 Å². The Labute approximate surface area is 150 Å². The Morgan fingerprint density at radius 2 is 2.04 bits per heavy atom. The number of carbonyl (C=O) groups is 2. The van der Waals surface area contributed by atoms with Crippen molar-refractivity contribution >= 4 is 23.7 Å². The van der Waals surface area contributed by atoms with Crippen LogP contribution in [0.3, 0.4) is 0 Å². The first-order chi connectivity index (χ1) is 12.1. The lowest BCUT2D eigenvalue weighted by Crippen LogP contribution is -2.40. The highest BCUT2D eigenvalue weighted by Crippen LogP contribution is 2.18. The lowest BCUT2D eigenvalue weighted by atomic mass is 10.1. The number of aromatic nitrogens is 3. The number of rotatable bonds is 8. The maximum Gasteiger partial charge on any atom is 0.321 e. The molecule has 3 amide bonds. The second-order valence-electron chi connectivity index (χ2n) is 5.14. The number of urea groups is 1. The van der Waals surface area contributed by atoms with E-state index in [1.165, 1.54) is 17.8 Å². The zero-order chi connectivity index (χ0) is 18.1. The third kappa shape index (κ3) is 5.75. The van der Waals surface area contributed by atoms with Gasteiger partial charge in [0.05, 0.1) is 5.75 Å². The van der Waals surface area contributed by atoms with Crippen LogP contribution in [0.4, 0.5) is 4.79 Å². The van der Waals surface area contributed by atoms with E-state index in [0.29, 0.717) is 24.7 Å². The summed E-state index contributed by atoms with van der Waals surface area (Å²) in [4.78, 5) is 23.2. The molecule has 0 bridgehead atoms. The molecule has 0 atom stereocenters. The van der Waals surface area contributed by atoms with Crippen LogP contribution in [-0.2, 0) is 17.8 Å². The van der Waals surface area contributed by atoms with Gasteiger partial charge in [0.1, 0.15) is 5.82 Å². The molecular weight excluding hydrogens is 338 g/mol. The van der Waals surface area contributed by atoms with Crippen molar-refractivity contribution in [3.63, 3.8) is 0 Å².